The lowest BCUT2D eigenvalue weighted by atomic mass is 10.0. The molecule has 2 aliphatic heterocycles. The average Bonchev–Trinajstić information content (AvgIpc) is 2.83. The van der Waals surface area contributed by atoms with E-state index >= 15 is 0 Å². The van der Waals surface area contributed by atoms with Crippen molar-refractivity contribution in [1.29, 1.82) is 0 Å². The van der Waals surface area contributed by atoms with Crippen molar-refractivity contribution in [3.63, 3.8) is 0 Å². The van der Waals surface area contributed by atoms with E-state index in [9.17, 15) is 9.18 Å². The Labute approximate surface area is 185 Å². The molecule has 1 N–H and O–H groups in total. The van der Waals surface area contributed by atoms with E-state index < -0.39 is 0 Å². The van der Waals surface area contributed by atoms with E-state index in [2.05, 4.69) is 20.2 Å². The van der Waals surface area contributed by atoms with Gasteiger partial charge in [0.25, 0.3) is 5.56 Å². The molecular weight excluding hydrogens is 413 g/mol. The SMILES string of the molecule is O=c1cnc2cc(F)ccc2n1CCN1CCC(NCc2cc3c(cn2)OCCO3)CC1. The first kappa shape index (κ1) is 20.8. The van der Waals surface area contributed by atoms with Gasteiger partial charge in [-0.2, -0.15) is 0 Å². The van der Waals surface area contributed by atoms with Gasteiger partial charge >= 0.3 is 0 Å². The van der Waals surface area contributed by atoms with Gasteiger partial charge in [-0.1, -0.05) is 0 Å². The van der Waals surface area contributed by atoms with Gasteiger partial charge in [-0.25, -0.2) is 9.37 Å². The molecule has 0 radical (unpaired) electrons. The largest absolute Gasteiger partial charge is 0.486 e. The molecule has 0 atom stereocenters. The quantitative estimate of drug-likeness (QED) is 0.629. The minimum atomic E-state index is -0.351. The number of rotatable bonds is 6. The number of hydrogen-bond donors (Lipinski definition) is 1. The first-order valence-electron chi connectivity index (χ1n) is 11.0. The van der Waals surface area contributed by atoms with Gasteiger partial charge in [-0.3, -0.25) is 9.78 Å². The van der Waals surface area contributed by atoms with E-state index in [0.29, 0.717) is 49.1 Å². The Hall–Kier alpha value is -3.04. The number of likely N-dealkylation sites (tertiary alicyclic amines) is 1. The lowest BCUT2D eigenvalue weighted by molar-refractivity contribution is 0.170. The predicted molar refractivity (Wildman–Crippen MR) is 117 cm³/mol. The number of nitrogens with zero attached hydrogens (tertiary/aromatic N) is 4. The van der Waals surface area contributed by atoms with Gasteiger partial charge in [-0.05, 0) is 38.1 Å². The smallest absolute Gasteiger partial charge is 0.269 e. The molecule has 0 saturated carbocycles. The normalized spacial score (nSPS) is 17.0. The fraction of sp³-hybridized carbons (Fsp3) is 0.435. The van der Waals surface area contributed by atoms with Crippen LogP contribution in [-0.4, -0.2) is 58.3 Å². The summed E-state index contributed by atoms with van der Waals surface area (Å²) in [7, 11) is 0. The number of hydrogen-bond acceptors (Lipinski definition) is 7. The zero-order chi connectivity index (χ0) is 21.9. The third kappa shape index (κ3) is 4.58. The maximum absolute atomic E-state index is 13.5. The molecule has 0 amide bonds. The number of benzene rings is 1. The Morgan fingerprint density at radius 2 is 1.84 bits per heavy atom. The van der Waals surface area contributed by atoms with E-state index in [1.54, 1.807) is 16.8 Å². The highest BCUT2D eigenvalue weighted by atomic mass is 19.1. The number of ether oxygens (including phenoxy) is 2. The number of pyridine rings is 1. The monoisotopic (exact) mass is 439 g/mol. The Morgan fingerprint density at radius 3 is 2.69 bits per heavy atom. The van der Waals surface area contributed by atoms with E-state index in [1.807, 2.05) is 6.07 Å². The first-order chi connectivity index (χ1) is 15.7. The highest BCUT2D eigenvalue weighted by Gasteiger charge is 2.20. The van der Waals surface area contributed by atoms with Crippen molar-refractivity contribution in [3.8, 4) is 11.5 Å². The standard InChI is InChI=1S/C23H26FN5O3/c24-16-1-2-20-19(11-16)27-15-23(30)29(20)8-7-28-5-3-17(4-6-28)25-13-18-12-21-22(14-26-18)32-10-9-31-21/h1-2,11-12,14-15,17,25H,3-10,13H2. The van der Waals surface area contributed by atoms with Crippen LogP contribution in [0.15, 0.2) is 41.5 Å². The molecule has 168 valence electrons. The Balaban J connectivity index is 1.12. The topological polar surface area (TPSA) is 81.5 Å². The summed E-state index contributed by atoms with van der Waals surface area (Å²) >= 11 is 0. The maximum atomic E-state index is 13.5. The first-order valence-corrected chi connectivity index (χ1v) is 11.0. The highest BCUT2D eigenvalue weighted by Crippen LogP contribution is 2.29. The van der Waals surface area contributed by atoms with Crippen LogP contribution in [0.25, 0.3) is 11.0 Å². The van der Waals surface area contributed by atoms with Crippen LogP contribution in [0.4, 0.5) is 4.39 Å². The van der Waals surface area contributed by atoms with Crippen molar-refractivity contribution in [3.05, 3.63) is 58.5 Å². The predicted octanol–water partition coefficient (Wildman–Crippen LogP) is 1.96. The number of nitrogens with one attached hydrogen (secondary N) is 1. The molecule has 5 rings (SSSR count). The van der Waals surface area contributed by atoms with E-state index in [4.69, 9.17) is 9.47 Å². The van der Waals surface area contributed by atoms with Crippen molar-refractivity contribution in [2.24, 2.45) is 0 Å². The van der Waals surface area contributed by atoms with Crippen LogP contribution >= 0.6 is 0 Å². The number of fused-ring (bicyclic) bond motifs is 2. The fourth-order valence-electron chi connectivity index (χ4n) is 4.31. The van der Waals surface area contributed by atoms with Crippen LogP contribution in [-0.2, 0) is 13.1 Å². The maximum Gasteiger partial charge on any atom is 0.269 e. The summed E-state index contributed by atoms with van der Waals surface area (Å²) in [6.45, 7) is 5.07. The molecule has 3 aromatic rings. The second kappa shape index (κ2) is 9.22. The summed E-state index contributed by atoms with van der Waals surface area (Å²) in [6, 6.07) is 6.72. The molecule has 2 aliphatic rings. The van der Waals surface area contributed by atoms with Crippen molar-refractivity contribution in [2.45, 2.75) is 32.0 Å². The molecule has 0 unspecified atom stereocenters. The summed E-state index contributed by atoms with van der Waals surface area (Å²) in [6.07, 6.45) is 5.06. The minimum Gasteiger partial charge on any atom is -0.486 e. The van der Waals surface area contributed by atoms with Crippen LogP contribution in [0.2, 0.25) is 0 Å². The lowest BCUT2D eigenvalue weighted by Crippen LogP contribution is -2.43. The molecule has 32 heavy (non-hydrogen) atoms. The minimum absolute atomic E-state index is 0.160. The third-order valence-electron chi connectivity index (χ3n) is 6.09. The van der Waals surface area contributed by atoms with Gasteiger partial charge in [0.05, 0.1) is 29.1 Å². The molecule has 1 saturated heterocycles. The number of halogens is 1. The molecule has 8 nitrogen and oxygen atoms in total. The summed E-state index contributed by atoms with van der Waals surface area (Å²) in [5, 5.41) is 3.59. The number of aromatic nitrogens is 3. The van der Waals surface area contributed by atoms with E-state index in [1.165, 1.54) is 18.3 Å². The Bertz CT molecular complexity index is 1160. The van der Waals surface area contributed by atoms with Crippen LogP contribution in [0.1, 0.15) is 18.5 Å². The van der Waals surface area contributed by atoms with E-state index in [-0.39, 0.29) is 11.4 Å². The van der Waals surface area contributed by atoms with Crippen molar-refractivity contribution >= 4 is 11.0 Å². The summed E-state index contributed by atoms with van der Waals surface area (Å²) in [5.41, 5.74) is 1.95. The molecule has 1 aromatic carbocycles. The van der Waals surface area contributed by atoms with Crippen LogP contribution < -0.4 is 20.3 Å². The van der Waals surface area contributed by atoms with Crippen LogP contribution in [0.3, 0.4) is 0 Å². The third-order valence-corrected chi connectivity index (χ3v) is 6.09. The zero-order valence-electron chi connectivity index (χ0n) is 17.8. The molecule has 4 heterocycles. The number of piperidine rings is 1. The Kier molecular flexibility index (Phi) is 6.00. The molecule has 0 aliphatic carbocycles. The van der Waals surface area contributed by atoms with Gasteiger partial charge in [0, 0.05) is 37.8 Å². The van der Waals surface area contributed by atoms with Crippen molar-refractivity contribution in [1.82, 2.24) is 24.8 Å². The van der Waals surface area contributed by atoms with Gasteiger partial charge < -0.3 is 24.3 Å². The van der Waals surface area contributed by atoms with Gasteiger partial charge in [-0.15, -0.1) is 0 Å². The second-order valence-electron chi connectivity index (χ2n) is 8.20. The zero-order valence-corrected chi connectivity index (χ0v) is 17.8. The second-order valence-corrected chi connectivity index (χ2v) is 8.20. The fourth-order valence-corrected chi connectivity index (χ4v) is 4.31. The average molecular weight is 439 g/mol. The Morgan fingerprint density at radius 1 is 1.03 bits per heavy atom. The van der Waals surface area contributed by atoms with Gasteiger partial charge in [0.15, 0.2) is 11.5 Å². The molecular formula is C23H26FN5O3. The molecule has 9 heteroatoms. The molecule has 2 aromatic heterocycles. The summed E-state index contributed by atoms with van der Waals surface area (Å²) in [4.78, 5) is 23.2. The highest BCUT2D eigenvalue weighted by molar-refractivity contribution is 5.74. The molecule has 1 fully saturated rings. The summed E-state index contributed by atoms with van der Waals surface area (Å²) in [5.74, 6) is 1.12. The van der Waals surface area contributed by atoms with Crippen molar-refractivity contribution < 1.29 is 13.9 Å². The lowest BCUT2D eigenvalue weighted by Gasteiger charge is -2.32. The van der Waals surface area contributed by atoms with E-state index in [0.717, 1.165) is 43.9 Å². The molecule has 0 spiro atoms. The van der Waals surface area contributed by atoms with Gasteiger partial charge in [0.2, 0.25) is 0 Å². The van der Waals surface area contributed by atoms with Crippen molar-refractivity contribution in [2.75, 3.05) is 32.8 Å². The van der Waals surface area contributed by atoms with Crippen LogP contribution in [0.5, 0.6) is 11.5 Å². The van der Waals surface area contributed by atoms with Gasteiger partial charge in [0.1, 0.15) is 19.0 Å². The molecule has 0 bridgehead atoms. The summed E-state index contributed by atoms with van der Waals surface area (Å²) < 4.78 is 26.3. The van der Waals surface area contributed by atoms with Crippen LogP contribution in [0, 0.1) is 5.82 Å².